The summed E-state index contributed by atoms with van der Waals surface area (Å²) in [6, 6.07) is 24.2. The van der Waals surface area contributed by atoms with Gasteiger partial charge in [-0.1, -0.05) is 65.7 Å². The van der Waals surface area contributed by atoms with E-state index in [-0.39, 0.29) is 17.9 Å². The number of urea groups is 1. The van der Waals surface area contributed by atoms with Crippen molar-refractivity contribution >= 4 is 52.8 Å². The van der Waals surface area contributed by atoms with Gasteiger partial charge in [-0.15, -0.1) is 0 Å². The van der Waals surface area contributed by atoms with Gasteiger partial charge in [0.25, 0.3) is 11.8 Å². The molecule has 224 valence electrons. The van der Waals surface area contributed by atoms with Crippen LogP contribution in [0.2, 0.25) is 10.0 Å². The van der Waals surface area contributed by atoms with Gasteiger partial charge in [0.2, 0.25) is 0 Å². The minimum Gasteiger partial charge on any atom is -0.490 e. The van der Waals surface area contributed by atoms with Crippen molar-refractivity contribution in [2.75, 3.05) is 11.5 Å². The normalized spacial score (nSPS) is 14.0. The van der Waals surface area contributed by atoms with Gasteiger partial charge in [-0.2, -0.15) is 0 Å². The lowest BCUT2D eigenvalue weighted by molar-refractivity contribution is -0.122. The van der Waals surface area contributed by atoms with Crippen molar-refractivity contribution in [3.05, 3.63) is 123 Å². The van der Waals surface area contributed by atoms with Gasteiger partial charge in [-0.3, -0.25) is 14.9 Å². The first-order valence-electron chi connectivity index (χ1n) is 13.8. The van der Waals surface area contributed by atoms with E-state index in [1.165, 1.54) is 6.08 Å². The van der Waals surface area contributed by atoms with Crippen molar-refractivity contribution in [2.24, 2.45) is 0 Å². The molecule has 5 rings (SSSR count). The van der Waals surface area contributed by atoms with E-state index < -0.39 is 17.8 Å². The van der Waals surface area contributed by atoms with E-state index in [0.29, 0.717) is 51.6 Å². The molecule has 0 unspecified atom stereocenters. The molecule has 0 saturated carbocycles. The highest BCUT2D eigenvalue weighted by Crippen LogP contribution is 2.33. The number of nitrogens with one attached hydrogen (secondary N) is 1. The summed E-state index contributed by atoms with van der Waals surface area (Å²) in [7, 11) is 0. The summed E-state index contributed by atoms with van der Waals surface area (Å²) in [5, 5.41) is 2.97. The van der Waals surface area contributed by atoms with E-state index in [2.05, 4.69) is 5.32 Å². The Morgan fingerprint density at radius 2 is 1.50 bits per heavy atom. The first-order chi connectivity index (χ1) is 21.2. The molecule has 1 aliphatic rings. The predicted molar refractivity (Wildman–Crippen MR) is 169 cm³/mol. The highest BCUT2D eigenvalue weighted by molar-refractivity contribution is 6.40. The number of amides is 4. The molecular formula is C34H28Cl2N2O6. The zero-order valence-electron chi connectivity index (χ0n) is 23.9. The molecule has 1 N–H and O–H groups in total. The Kier molecular flexibility index (Phi) is 9.53. The molecule has 1 aliphatic heterocycles. The summed E-state index contributed by atoms with van der Waals surface area (Å²) in [4.78, 5) is 39.9. The van der Waals surface area contributed by atoms with Gasteiger partial charge in [0.1, 0.15) is 24.5 Å². The van der Waals surface area contributed by atoms with E-state index in [1.807, 2.05) is 55.5 Å². The third kappa shape index (κ3) is 6.88. The number of rotatable bonds is 10. The monoisotopic (exact) mass is 630 g/mol. The van der Waals surface area contributed by atoms with Crippen LogP contribution in [-0.2, 0) is 22.8 Å². The molecule has 10 heteroatoms. The van der Waals surface area contributed by atoms with E-state index in [0.717, 1.165) is 16.0 Å². The van der Waals surface area contributed by atoms with Crippen LogP contribution in [0.4, 0.5) is 10.5 Å². The van der Waals surface area contributed by atoms with Crippen LogP contribution in [0.1, 0.15) is 29.2 Å². The van der Waals surface area contributed by atoms with Crippen molar-refractivity contribution in [1.82, 2.24) is 5.32 Å². The summed E-state index contributed by atoms with van der Waals surface area (Å²) in [5.74, 6) is -0.0928. The molecular weight excluding hydrogens is 603 g/mol. The second-order valence-electron chi connectivity index (χ2n) is 9.80. The lowest BCUT2D eigenvalue weighted by Crippen LogP contribution is -2.54. The molecule has 44 heavy (non-hydrogen) atoms. The molecule has 0 aliphatic carbocycles. The second kappa shape index (κ2) is 13.7. The van der Waals surface area contributed by atoms with Crippen LogP contribution in [0.25, 0.3) is 6.08 Å². The Bertz CT molecular complexity index is 1760. The Labute approximate surface area is 264 Å². The molecule has 0 aromatic heterocycles. The molecule has 4 aromatic rings. The summed E-state index contributed by atoms with van der Waals surface area (Å²) >= 11 is 12.5. The van der Waals surface area contributed by atoms with E-state index in [4.69, 9.17) is 37.4 Å². The van der Waals surface area contributed by atoms with Crippen LogP contribution in [0.5, 0.6) is 17.2 Å². The number of hydrogen-bond donors (Lipinski definition) is 1. The highest BCUT2D eigenvalue weighted by atomic mass is 35.5. The molecule has 4 aromatic carbocycles. The standard InChI is InChI=1S/C34H28Cl2N2O6/c1-3-42-31-16-23(12-14-30(31)44-19-22-8-5-4-6-9-22)20-43-29-15-13-25(35)17-24(29)18-26-32(39)37-34(41)38(33(26)40)28-11-7-10-27(36)21(28)2/h4-18H,3,19-20H2,1-2H3,(H,37,39,41)/b26-18-. The number of hydrogen-bond acceptors (Lipinski definition) is 6. The number of carbonyl (C=O) groups is 3. The molecule has 1 fully saturated rings. The maximum absolute atomic E-state index is 13.5. The molecule has 0 radical (unpaired) electrons. The maximum atomic E-state index is 13.5. The van der Waals surface area contributed by atoms with Crippen LogP contribution in [-0.4, -0.2) is 24.5 Å². The lowest BCUT2D eigenvalue weighted by Gasteiger charge is -2.27. The summed E-state index contributed by atoms with van der Waals surface area (Å²) in [5.41, 5.74) is 2.72. The minimum atomic E-state index is -0.869. The van der Waals surface area contributed by atoms with E-state index >= 15 is 0 Å². The molecule has 0 atom stereocenters. The predicted octanol–water partition coefficient (Wildman–Crippen LogP) is 7.52. The number of nitrogens with zero attached hydrogens (tertiary/aromatic N) is 1. The van der Waals surface area contributed by atoms with E-state index in [1.54, 1.807) is 43.3 Å². The van der Waals surface area contributed by atoms with Crippen molar-refractivity contribution in [1.29, 1.82) is 0 Å². The van der Waals surface area contributed by atoms with E-state index in [9.17, 15) is 14.4 Å². The number of ether oxygens (including phenoxy) is 3. The largest absolute Gasteiger partial charge is 0.490 e. The van der Waals surface area contributed by atoms with Crippen LogP contribution in [0, 0.1) is 6.92 Å². The highest BCUT2D eigenvalue weighted by Gasteiger charge is 2.37. The van der Waals surface area contributed by atoms with Crippen LogP contribution < -0.4 is 24.4 Å². The average Bonchev–Trinajstić information content (AvgIpc) is 3.01. The molecule has 0 spiro atoms. The van der Waals surface area contributed by atoms with Crippen molar-refractivity contribution in [3.8, 4) is 17.2 Å². The van der Waals surface area contributed by atoms with Gasteiger partial charge < -0.3 is 14.2 Å². The third-order valence-corrected chi connectivity index (χ3v) is 7.44. The van der Waals surface area contributed by atoms with Gasteiger partial charge in [-0.05, 0) is 79.1 Å². The lowest BCUT2D eigenvalue weighted by atomic mass is 10.0. The number of imide groups is 2. The summed E-state index contributed by atoms with van der Waals surface area (Å²) in [6.07, 6.45) is 1.35. The Morgan fingerprint density at radius 3 is 2.27 bits per heavy atom. The Balaban J connectivity index is 1.38. The molecule has 1 heterocycles. The number of barbiturate groups is 1. The average molecular weight is 632 g/mol. The molecule has 0 bridgehead atoms. The molecule has 4 amide bonds. The number of carbonyl (C=O) groups excluding carboxylic acids is 3. The molecule has 1 saturated heterocycles. The Morgan fingerprint density at radius 1 is 0.773 bits per heavy atom. The van der Waals surface area contributed by atoms with Crippen LogP contribution in [0.3, 0.4) is 0 Å². The quantitative estimate of drug-likeness (QED) is 0.144. The third-order valence-electron chi connectivity index (χ3n) is 6.79. The van der Waals surface area contributed by atoms with Gasteiger partial charge >= 0.3 is 6.03 Å². The van der Waals surface area contributed by atoms with Gasteiger partial charge in [-0.25, -0.2) is 9.69 Å². The van der Waals surface area contributed by atoms with Gasteiger partial charge in [0.05, 0.1) is 12.3 Å². The number of benzene rings is 4. The fraction of sp³-hybridized carbons (Fsp3) is 0.147. The van der Waals surface area contributed by atoms with Crippen LogP contribution >= 0.6 is 23.2 Å². The number of anilines is 1. The molecule has 8 nitrogen and oxygen atoms in total. The van der Waals surface area contributed by atoms with Crippen LogP contribution in [0.15, 0.2) is 90.5 Å². The van der Waals surface area contributed by atoms with Gasteiger partial charge in [0.15, 0.2) is 11.5 Å². The van der Waals surface area contributed by atoms with Crippen molar-refractivity contribution < 1.29 is 28.6 Å². The minimum absolute atomic E-state index is 0.142. The smallest absolute Gasteiger partial charge is 0.335 e. The van der Waals surface area contributed by atoms with Gasteiger partial charge in [0, 0.05) is 15.6 Å². The van der Waals surface area contributed by atoms with Crippen molar-refractivity contribution in [2.45, 2.75) is 27.1 Å². The fourth-order valence-corrected chi connectivity index (χ4v) is 4.91. The summed E-state index contributed by atoms with van der Waals surface area (Å²) in [6.45, 7) is 4.56. The fourth-order valence-electron chi connectivity index (χ4n) is 4.56. The second-order valence-corrected chi connectivity index (χ2v) is 10.6. The topological polar surface area (TPSA) is 94.2 Å². The SMILES string of the molecule is CCOc1cc(COc2ccc(Cl)cc2/C=C2/C(=O)NC(=O)N(c3cccc(Cl)c3C)C2=O)ccc1OCc1ccccc1. The Hall–Kier alpha value is -4.79. The maximum Gasteiger partial charge on any atom is 0.335 e. The first kappa shape index (κ1) is 30.7. The first-order valence-corrected chi connectivity index (χ1v) is 14.5. The zero-order valence-corrected chi connectivity index (χ0v) is 25.4. The zero-order chi connectivity index (χ0) is 31.2. The van der Waals surface area contributed by atoms with Crippen molar-refractivity contribution in [3.63, 3.8) is 0 Å². The number of halogens is 2. The summed E-state index contributed by atoms with van der Waals surface area (Å²) < 4.78 is 17.9.